The Labute approximate surface area is 134 Å². The zero-order valence-electron chi connectivity index (χ0n) is 12.7. The van der Waals surface area contributed by atoms with Crippen LogP contribution in [0, 0.1) is 11.6 Å². The number of nitrogens with one attached hydrogen (secondary N) is 1. The second kappa shape index (κ2) is 7.06. The lowest BCUT2D eigenvalue weighted by Gasteiger charge is -2.11. The van der Waals surface area contributed by atoms with E-state index in [2.05, 4.69) is 4.72 Å². The molecule has 0 unspecified atom stereocenters. The van der Waals surface area contributed by atoms with Gasteiger partial charge >= 0.3 is 0 Å². The van der Waals surface area contributed by atoms with Crippen LogP contribution in [0.25, 0.3) is 0 Å². The van der Waals surface area contributed by atoms with E-state index >= 15 is 0 Å². The predicted molar refractivity (Wildman–Crippen MR) is 82.6 cm³/mol. The summed E-state index contributed by atoms with van der Waals surface area (Å²) in [6.07, 6.45) is 0.0373. The van der Waals surface area contributed by atoms with Crippen molar-refractivity contribution >= 4 is 10.0 Å². The van der Waals surface area contributed by atoms with Crippen LogP contribution in [0.4, 0.5) is 8.78 Å². The third kappa shape index (κ3) is 4.74. The van der Waals surface area contributed by atoms with Gasteiger partial charge in [-0.3, -0.25) is 0 Å². The number of ether oxygens (including phenoxy) is 1. The van der Waals surface area contributed by atoms with Crippen LogP contribution in [0.1, 0.15) is 19.4 Å². The highest BCUT2D eigenvalue weighted by Gasteiger charge is 2.19. The monoisotopic (exact) mass is 341 g/mol. The molecule has 0 atom stereocenters. The van der Waals surface area contributed by atoms with Gasteiger partial charge in [0.15, 0.2) is 0 Å². The summed E-state index contributed by atoms with van der Waals surface area (Å²) in [6, 6.07) is 9.12. The number of benzene rings is 2. The Morgan fingerprint density at radius 1 is 1.09 bits per heavy atom. The Bertz CT molecular complexity index is 774. The van der Waals surface area contributed by atoms with Gasteiger partial charge in [0.25, 0.3) is 0 Å². The van der Waals surface area contributed by atoms with Crippen LogP contribution in [0.2, 0.25) is 0 Å². The highest BCUT2D eigenvalue weighted by atomic mass is 32.2. The van der Waals surface area contributed by atoms with Crippen LogP contribution in [0.5, 0.6) is 5.75 Å². The quantitative estimate of drug-likeness (QED) is 0.878. The number of halogens is 2. The molecule has 2 rings (SSSR count). The fourth-order valence-corrected chi connectivity index (χ4v) is 3.00. The SMILES string of the molecule is CC(C)Oc1ccc(CNS(=O)(=O)c2cc(F)ccc2F)cc1. The molecule has 0 heterocycles. The molecule has 2 aromatic rings. The molecular formula is C16H17F2NO3S. The molecule has 0 spiro atoms. The molecule has 0 saturated carbocycles. The summed E-state index contributed by atoms with van der Waals surface area (Å²) >= 11 is 0. The first kappa shape index (κ1) is 17.4. The molecular weight excluding hydrogens is 324 g/mol. The Morgan fingerprint density at radius 2 is 1.74 bits per heavy atom. The van der Waals surface area contributed by atoms with Crippen LogP contribution in [-0.4, -0.2) is 14.5 Å². The lowest BCUT2D eigenvalue weighted by molar-refractivity contribution is 0.242. The standard InChI is InChI=1S/C16H17F2NO3S/c1-11(2)22-14-6-3-12(4-7-14)10-19-23(20,21)16-9-13(17)5-8-15(16)18/h3-9,11,19H,10H2,1-2H3. The lowest BCUT2D eigenvalue weighted by Crippen LogP contribution is -2.24. The van der Waals surface area contributed by atoms with Gasteiger partial charge in [0.2, 0.25) is 10.0 Å². The fraction of sp³-hybridized carbons (Fsp3) is 0.250. The molecule has 0 amide bonds. The average Bonchev–Trinajstić information content (AvgIpc) is 2.48. The van der Waals surface area contributed by atoms with Crippen molar-refractivity contribution in [3.8, 4) is 5.75 Å². The zero-order valence-corrected chi connectivity index (χ0v) is 13.5. The maximum Gasteiger partial charge on any atom is 0.243 e. The molecule has 1 N–H and O–H groups in total. The molecule has 0 aliphatic rings. The van der Waals surface area contributed by atoms with E-state index < -0.39 is 26.6 Å². The van der Waals surface area contributed by atoms with E-state index in [0.717, 1.165) is 12.1 Å². The summed E-state index contributed by atoms with van der Waals surface area (Å²) in [5, 5.41) is 0. The Kier molecular flexibility index (Phi) is 5.33. The number of sulfonamides is 1. The number of hydrogen-bond acceptors (Lipinski definition) is 3. The largest absolute Gasteiger partial charge is 0.491 e. The third-order valence-electron chi connectivity index (χ3n) is 2.94. The van der Waals surface area contributed by atoms with Crippen molar-refractivity contribution in [2.75, 3.05) is 0 Å². The van der Waals surface area contributed by atoms with E-state index in [-0.39, 0.29) is 12.6 Å². The molecule has 4 nitrogen and oxygen atoms in total. The van der Waals surface area contributed by atoms with Crippen LogP contribution < -0.4 is 9.46 Å². The summed E-state index contributed by atoms with van der Waals surface area (Å²) in [5.74, 6) is -1.15. The minimum Gasteiger partial charge on any atom is -0.491 e. The molecule has 0 aliphatic carbocycles. The summed E-state index contributed by atoms with van der Waals surface area (Å²) in [5.41, 5.74) is 0.668. The molecule has 0 radical (unpaired) electrons. The second-order valence-electron chi connectivity index (χ2n) is 5.21. The van der Waals surface area contributed by atoms with E-state index in [9.17, 15) is 17.2 Å². The molecule has 2 aromatic carbocycles. The molecule has 0 aliphatic heterocycles. The summed E-state index contributed by atoms with van der Waals surface area (Å²) in [4.78, 5) is -0.711. The van der Waals surface area contributed by atoms with E-state index in [1.165, 1.54) is 0 Å². The Morgan fingerprint density at radius 3 is 2.35 bits per heavy atom. The Balaban J connectivity index is 2.08. The van der Waals surface area contributed by atoms with E-state index in [1.807, 2.05) is 13.8 Å². The summed E-state index contributed by atoms with van der Waals surface area (Å²) < 4.78 is 58.5. The second-order valence-corrected chi connectivity index (χ2v) is 6.95. The van der Waals surface area contributed by atoms with Crippen LogP contribution >= 0.6 is 0 Å². The summed E-state index contributed by atoms with van der Waals surface area (Å²) in [6.45, 7) is 3.76. The first-order chi connectivity index (χ1) is 10.8. The number of hydrogen-bond donors (Lipinski definition) is 1. The lowest BCUT2D eigenvalue weighted by atomic mass is 10.2. The van der Waals surface area contributed by atoms with E-state index in [1.54, 1.807) is 24.3 Å². The van der Waals surface area contributed by atoms with Crippen molar-refractivity contribution in [1.29, 1.82) is 0 Å². The highest BCUT2D eigenvalue weighted by Crippen LogP contribution is 2.17. The van der Waals surface area contributed by atoms with Crippen LogP contribution in [0.3, 0.4) is 0 Å². The molecule has 7 heteroatoms. The van der Waals surface area contributed by atoms with Gasteiger partial charge in [-0.05, 0) is 49.7 Å². The minimum absolute atomic E-state index is 0.0373. The zero-order chi connectivity index (χ0) is 17.0. The van der Waals surface area contributed by atoms with Crippen molar-refractivity contribution in [3.05, 3.63) is 59.7 Å². The van der Waals surface area contributed by atoms with Gasteiger partial charge in [0.05, 0.1) is 6.10 Å². The van der Waals surface area contributed by atoms with Crippen molar-refractivity contribution in [1.82, 2.24) is 4.72 Å². The van der Waals surface area contributed by atoms with Crippen molar-refractivity contribution < 1.29 is 21.9 Å². The van der Waals surface area contributed by atoms with Gasteiger partial charge in [0, 0.05) is 6.54 Å². The smallest absolute Gasteiger partial charge is 0.243 e. The van der Waals surface area contributed by atoms with Gasteiger partial charge < -0.3 is 4.74 Å². The molecule has 0 fully saturated rings. The summed E-state index contributed by atoms with van der Waals surface area (Å²) in [7, 11) is -4.14. The first-order valence-electron chi connectivity index (χ1n) is 6.98. The maximum atomic E-state index is 13.6. The van der Waals surface area contributed by atoms with Gasteiger partial charge in [0.1, 0.15) is 22.3 Å². The molecule has 0 aromatic heterocycles. The normalized spacial score (nSPS) is 11.7. The molecule has 124 valence electrons. The van der Waals surface area contributed by atoms with E-state index in [0.29, 0.717) is 17.4 Å². The first-order valence-corrected chi connectivity index (χ1v) is 8.46. The van der Waals surface area contributed by atoms with Crippen molar-refractivity contribution in [2.24, 2.45) is 0 Å². The van der Waals surface area contributed by atoms with Crippen LogP contribution in [-0.2, 0) is 16.6 Å². The average molecular weight is 341 g/mol. The van der Waals surface area contributed by atoms with Crippen molar-refractivity contribution in [2.45, 2.75) is 31.4 Å². The van der Waals surface area contributed by atoms with Gasteiger partial charge in [-0.25, -0.2) is 21.9 Å². The van der Waals surface area contributed by atoms with Gasteiger partial charge in [-0.2, -0.15) is 0 Å². The Hall–Kier alpha value is -1.99. The maximum absolute atomic E-state index is 13.6. The topological polar surface area (TPSA) is 55.4 Å². The molecule has 0 saturated heterocycles. The van der Waals surface area contributed by atoms with Crippen LogP contribution in [0.15, 0.2) is 47.4 Å². The fourth-order valence-electron chi connectivity index (χ4n) is 1.90. The third-order valence-corrected chi connectivity index (χ3v) is 4.36. The predicted octanol–water partition coefficient (Wildman–Crippen LogP) is 3.23. The highest BCUT2D eigenvalue weighted by molar-refractivity contribution is 7.89. The molecule has 0 bridgehead atoms. The molecule has 23 heavy (non-hydrogen) atoms. The minimum atomic E-state index is -4.14. The van der Waals surface area contributed by atoms with Crippen molar-refractivity contribution in [3.63, 3.8) is 0 Å². The van der Waals surface area contributed by atoms with E-state index in [4.69, 9.17) is 4.74 Å². The number of rotatable bonds is 6. The van der Waals surface area contributed by atoms with Gasteiger partial charge in [-0.15, -0.1) is 0 Å². The van der Waals surface area contributed by atoms with Gasteiger partial charge in [-0.1, -0.05) is 12.1 Å².